The molecule has 2 amide bonds. The molecular weight excluding hydrogens is 392 g/mol. The minimum atomic E-state index is -0.776. The second-order valence-corrected chi connectivity index (χ2v) is 8.08. The molecule has 0 aliphatic carbocycles. The van der Waals surface area contributed by atoms with Crippen LogP contribution >= 0.6 is 0 Å². The van der Waals surface area contributed by atoms with E-state index < -0.39 is 18.2 Å². The first-order valence-corrected chi connectivity index (χ1v) is 10.7. The van der Waals surface area contributed by atoms with Gasteiger partial charge in [-0.3, -0.25) is 9.59 Å². The lowest BCUT2D eigenvalue weighted by Gasteiger charge is -2.23. The molecule has 2 rings (SSSR count). The number of ether oxygens (including phenoxy) is 1. The molecule has 0 aliphatic heterocycles. The fourth-order valence-corrected chi connectivity index (χ4v) is 3.22. The third-order valence-corrected chi connectivity index (χ3v) is 4.90. The number of hydrogen-bond donors (Lipinski definition) is 2. The zero-order valence-corrected chi connectivity index (χ0v) is 18.5. The van der Waals surface area contributed by atoms with Gasteiger partial charge in [-0.25, -0.2) is 4.79 Å². The third kappa shape index (κ3) is 9.03. The van der Waals surface area contributed by atoms with E-state index in [9.17, 15) is 14.4 Å². The predicted molar refractivity (Wildman–Crippen MR) is 120 cm³/mol. The van der Waals surface area contributed by atoms with E-state index >= 15 is 0 Å². The lowest BCUT2D eigenvalue weighted by atomic mass is 10.00. The Labute approximate surface area is 184 Å². The van der Waals surface area contributed by atoms with Gasteiger partial charge in [0.15, 0.2) is 5.78 Å². The van der Waals surface area contributed by atoms with Crippen molar-refractivity contribution in [3.05, 3.63) is 71.8 Å². The summed E-state index contributed by atoms with van der Waals surface area (Å²) in [5, 5.41) is 5.46. The van der Waals surface area contributed by atoms with Crippen molar-refractivity contribution in [2.24, 2.45) is 5.92 Å². The van der Waals surface area contributed by atoms with Gasteiger partial charge in [0.1, 0.15) is 12.6 Å². The number of amides is 2. The highest BCUT2D eigenvalue weighted by molar-refractivity contribution is 5.91. The fourth-order valence-electron chi connectivity index (χ4n) is 3.22. The molecular formula is C25H32N2O4. The molecule has 166 valence electrons. The second kappa shape index (κ2) is 12.5. The summed E-state index contributed by atoms with van der Waals surface area (Å²) >= 11 is 0. The summed E-state index contributed by atoms with van der Waals surface area (Å²) in [6.45, 7) is 5.52. The number of carbonyl (C=O) groups excluding carboxylic acids is 3. The van der Waals surface area contributed by atoms with Gasteiger partial charge < -0.3 is 15.4 Å². The molecule has 0 radical (unpaired) electrons. The number of ketones is 1. The van der Waals surface area contributed by atoms with Crippen molar-refractivity contribution >= 4 is 17.8 Å². The fraction of sp³-hybridized carbons (Fsp3) is 0.400. The van der Waals surface area contributed by atoms with Gasteiger partial charge in [-0.2, -0.15) is 0 Å². The largest absolute Gasteiger partial charge is 0.445 e. The first-order valence-electron chi connectivity index (χ1n) is 10.7. The molecule has 0 bridgehead atoms. The average Bonchev–Trinajstić information content (AvgIpc) is 2.75. The summed E-state index contributed by atoms with van der Waals surface area (Å²) in [5.41, 5.74) is 1.96. The van der Waals surface area contributed by atoms with Gasteiger partial charge in [-0.1, -0.05) is 74.5 Å². The van der Waals surface area contributed by atoms with Crippen LogP contribution in [0.5, 0.6) is 0 Å². The van der Waals surface area contributed by atoms with E-state index in [-0.39, 0.29) is 24.2 Å². The monoisotopic (exact) mass is 424 g/mol. The molecule has 0 fully saturated rings. The maximum Gasteiger partial charge on any atom is 0.408 e. The lowest BCUT2D eigenvalue weighted by Crippen LogP contribution is -2.51. The SMILES string of the molecule is CC(=O)[C@H](CCc1ccccc1)NC(=O)[C@H](CC(C)C)NC(=O)OCc1ccccc1. The third-order valence-electron chi connectivity index (χ3n) is 4.90. The average molecular weight is 425 g/mol. The maximum atomic E-state index is 12.9. The van der Waals surface area contributed by atoms with Crippen molar-refractivity contribution in [2.45, 2.75) is 58.7 Å². The molecule has 2 atom stereocenters. The number of benzene rings is 2. The zero-order valence-electron chi connectivity index (χ0n) is 18.5. The van der Waals surface area contributed by atoms with Crippen LogP contribution in [0.3, 0.4) is 0 Å². The number of rotatable bonds is 11. The number of alkyl carbamates (subject to hydrolysis) is 1. The van der Waals surface area contributed by atoms with Gasteiger partial charge >= 0.3 is 6.09 Å². The van der Waals surface area contributed by atoms with Crippen molar-refractivity contribution in [1.29, 1.82) is 0 Å². The Morgan fingerprint density at radius 3 is 1.97 bits per heavy atom. The van der Waals surface area contributed by atoms with Gasteiger partial charge in [-0.05, 0) is 43.2 Å². The zero-order chi connectivity index (χ0) is 22.6. The number of aryl methyl sites for hydroxylation is 1. The summed E-state index contributed by atoms with van der Waals surface area (Å²) in [5.74, 6) is -0.317. The van der Waals surface area contributed by atoms with Crippen LogP contribution in [-0.4, -0.2) is 29.9 Å². The van der Waals surface area contributed by atoms with E-state index in [1.54, 1.807) is 0 Å². The van der Waals surface area contributed by atoms with Gasteiger partial charge in [0, 0.05) is 0 Å². The van der Waals surface area contributed by atoms with Crippen LogP contribution < -0.4 is 10.6 Å². The standard InChI is InChI=1S/C25H32N2O4/c1-18(2)16-23(27-25(30)31-17-21-12-8-5-9-13-21)24(29)26-22(19(3)28)15-14-20-10-6-4-7-11-20/h4-13,18,22-23H,14-17H2,1-3H3,(H,26,29)(H,27,30)/t22-,23-/m0/s1. The molecule has 0 aliphatic rings. The van der Waals surface area contributed by atoms with E-state index in [1.807, 2.05) is 74.5 Å². The van der Waals surface area contributed by atoms with Crippen LogP contribution in [0.2, 0.25) is 0 Å². The molecule has 2 aromatic rings. The van der Waals surface area contributed by atoms with Crippen LogP contribution in [0.4, 0.5) is 4.79 Å². The molecule has 0 spiro atoms. The predicted octanol–water partition coefficient (Wildman–Crippen LogP) is 4.03. The Kier molecular flexibility index (Phi) is 9.75. The van der Waals surface area contributed by atoms with E-state index in [0.29, 0.717) is 19.3 Å². The molecule has 2 aromatic carbocycles. The summed E-state index contributed by atoms with van der Waals surface area (Å²) in [6, 6.07) is 17.8. The van der Waals surface area contributed by atoms with Crippen molar-refractivity contribution in [1.82, 2.24) is 10.6 Å². The molecule has 0 saturated heterocycles. The molecule has 2 N–H and O–H groups in total. The smallest absolute Gasteiger partial charge is 0.408 e. The Hall–Kier alpha value is -3.15. The number of Topliss-reactive ketones (excluding diaryl/α,β-unsaturated/α-hetero) is 1. The quantitative estimate of drug-likeness (QED) is 0.570. The number of carbonyl (C=O) groups is 3. The first kappa shape index (κ1) is 24.1. The molecule has 6 heteroatoms. The van der Waals surface area contributed by atoms with Crippen molar-refractivity contribution < 1.29 is 19.1 Å². The Balaban J connectivity index is 1.94. The van der Waals surface area contributed by atoms with E-state index in [4.69, 9.17) is 4.74 Å². The Bertz CT molecular complexity index is 837. The normalized spacial score (nSPS) is 12.6. The molecule has 0 heterocycles. The van der Waals surface area contributed by atoms with Gasteiger partial charge in [0.05, 0.1) is 6.04 Å². The Morgan fingerprint density at radius 2 is 1.42 bits per heavy atom. The minimum Gasteiger partial charge on any atom is -0.445 e. The minimum absolute atomic E-state index is 0.112. The van der Waals surface area contributed by atoms with Crippen LogP contribution in [0.25, 0.3) is 0 Å². The summed E-state index contributed by atoms with van der Waals surface area (Å²) < 4.78 is 5.25. The van der Waals surface area contributed by atoms with Crippen molar-refractivity contribution in [2.75, 3.05) is 0 Å². The van der Waals surface area contributed by atoms with E-state index in [2.05, 4.69) is 10.6 Å². The molecule has 6 nitrogen and oxygen atoms in total. The highest BCUT2D eigenvalue weighted by atomic mass is 16.5. The molecule has 31 heavy (non-hydrogen) atoms. The van der Waals surface area contributed by atoms with Crippen LogP contribution in [-0.2, 0) is 27.4 Å². The van der Waals surface area contributed by atoms with E-state index in [0.717, 1.165) is 11.1 Å². The highest BCUT2D eigenvalue weighted by Crippen LogP contribution is 2.10. The van der Waals surface area contributed by atoms with Gasteiger partial charge in [-0.15, -0.1) is 0 Å². The maximum absolute atomic E-state index is 12.9. The summed E-state index contributed by atoms with van der Waals surface area (Å²) in [4.78, 5) is 37.2. The first-order chi connectivity index (χ1) is 14.8. The van der Waals surface area contributed by atoms with Crippen LogP contribution in [0.15, 0.2) is 60.7 Å². The van der Waals surface area contributed by atoms with Gasteiger partial charge in [0.2, 0.25) is 5.91 Å². The second-order valence-electron chi connectivity index (χ2n) is 8.08. The lowest BCUT2D eigenvalue weighted by molar-refractivity contribution is -0.128. The van der Waals surface area contributed by atoms with Crippen LogP contribution in [0.1, 0.15) is 44.7 Å². The highest BCUT2D eigenvalue weighted by Gasteiger charge is 2.26. The molecule has 0 aromatic heterocycles. The van der Waals surface area contributed by atoms with Crippen molar-refractivity contribution in [3.63, 3.8) is 0 Å². The van der Waals surface area contributed by atoms with E-state index in [1.165, 1.54) is 6.92 Å². The van der Waals surface area contributed by atoms with Crippen LogP contribution in [0, 0.1) is 5.92 Å². The van der Waals surface area contributed by atoms with Crippen molar-refractivity contribution in [3.8, 4) is 0 Å². The number of hydrogen-bond acceptors (Lipinski definition) is 4. The Morgan fingerprint density at radius 1 is 0.839 bits per heavy atom. The molecule has 0 unspecified atom stereocenters. The summed E-state index contributed by atoms with van der Waals surface area (Å²) in [7, 11) is 0. The number of nitrogens with one attached hydrogen (secondary N) is 2. The summed E-state index contributed by atoms with van der Waals surface area (Å²) in [6.07, 6.45) is 0.952. The molecule has 0 saturated carbocycles. The van der Waals surface area contributed by atoms with Gasteiger partial charge in [0.25, 0.3) is 0 Å². The topological polar surface area (TPSA) is 84.5 Å².